The number of carbonyl (C=O) groups is 1. The number of amides is 1. The van der Waals surface area contributed by atoms with Crippen molar-refractivity contribution in [2.75, 3.05) is 6.61 Å². The summed E-state index contributed by atoms with van der Waals surface area (Å²) < 4.78 is 0. The molecular weight excluding hydrogens is 554 g/mol. The Kier molecular flexibility index (Phi) is 35.9. The Balaban J connectivity index is 3.67. The summed E-state index contributed by atoms with van der Waals surface area (Å²) in [6.07, 6.45) is 48.1. The Morgan fingerprint density at radius 2 is 0.867 bits per heavy atom. The van der Waals surface area contributed by atoms with Gasteiger partial charge in [0.15, 0.2) is 0 Å². The summed E-state index contributed by atoms with van der Waals surface area (Å²) in [4.78, 5) is 12.3. The first kappa shape index (κ1) is 43.6. The molecule has 2 atom stereocenters. The average molecular weight is 632 g/mol. The van der Waals surface area contributed by atoms with Crippen molar-refractivity contribution in [3.63, 3.8) is 0 Å². The minimum Gasteiger partial charge on any atom is -0.394 e. The van der Waals surface area contributed by atoms with Gasteiger partial charge in [0, 0.05) is 6.42 Å². The Bertz CT molecular complexity index is 686. The van der Waals surface area contributed by atoms with E-state index in [1.165, 1.54) is 141 Å². The molecule has 1 amide bonds. The molecule has 0 rings (SSSR count). The maximum atomic E-state index is 12.3. The monoisotopic (exact) mass is 632 g/mol. The van der Waals surface area contributed by atoms with Gasteiger partial charge in [0.25, 0.3) is 0 Å². The molecule has 0 aliphatic rings. The first-order chi connectivity index (χ1) is 22.2. The minimum absolute atomic E-state index is 0.0793. The van der Waals surface area contributed by atoms with E-state index in [1.54, 1.807) is 6.08 Å². The van der Waals surface area contributed by atoms with Gasteiger partial charge in [0.2, 0.25) is 5.91 Å². The van der Waals surface area contributed by atoms with Gasteiger partial charge in [0.1, 0.15) is 0 Å². The summed E-state index contributed by atoms with van der Waals surface area (Å²) in [6, 6.07) is -0.640. The van der Waals surface area contributed by atoms with Crippen molar-refractivity contribution < 1.29 is 15.0 Å². The summed E-state index contributed by atoms with van der Waals surface area (Å²) in [7, 11) is 0. The van der Waals surface area contributed by atoms with Crippen molar-refractivity contribution in [3.05, 3.63) is 36.5 Å². The number of hydrogen-bond donors (Lipinski definition) is 3. The van der Waals surface area contributed by atoms with Crippen LogP contribution in [0.3, 0.4) is 0 Å². The predicted molar refractivity (Wildman–Crippen MR) is 198 cm³/mol. The average Bonchev–Trinajstić information content (AvgIpc) is 3.04. The molecule has 0 aliphatic carbocycles. The van der Waals surface area contributed by atoms with E-state index in [0.717, 1.165) is 38.5 Å². The van der Waals surface area contributed by atoms with Crippen molar-refractivity contribution >= 4 is 5.91 Å². The van der Waals surface area contributed by atoms with Crippen LogP contribution in [0.5, 0.6) is 0 Å². The van der Waals surface area contributed by atoms with E-state index in [0.29, 0.717) is 6.42 Å². The van der Waals surface area contributed by atoms with Crippen molar-refractivity contribution in [1.82, 2.24) is 5.32 Å². The van der Waals surface area contributed by atoms with Crippen LogP contribution in [0.15, 0.2) is 36.5 Å². The number of aliphatic hydroxyl groups excluding tert-OH is 2. The van der Waals surface area contributed by atoms with E-state index in [1.807, 2.05) is 6.08 Å². The summed E-state index contributed by atoms with van der Waals surface area (Å²) in [5, 5.41) is 22.9. The summed E-state index contributed by atoms with van der Waals surface area (Å²) >= 11 is 0. The lowest BCUT2D eigenvalue weighted by molar-refractivity contribution is -0.123. The van der Waals surface area contributed by atoms with Gasteiger partial charge in [-0.3, -0.25) is 4.79 Å². The van der Waals surface area contributed by atoms with Gasteiger partial charge in [-0.1, -0.05) is 185 Å². The molecule has 0 aromatic carbocycles. The molecule has 45 heavy (non-hydrogen) atoms. The van der Waals surface area contributed by atoms with Crippen LogP contribution in [-0.2, 0) is 4.79 Å². The van der Waals surface area contributed by atoms with Crippen molar-refractivity contribution in [2.45, 2.75) is 212 Å². The number of unbranched alkanes of at least 4 members (excludes halogenated alkanes) is 24. The smallest absolute Gasteiger partial charge is 0.220 e. The molecule has 0 fully saturated rings. The lowest BCUT2D eigenvalue weighted by Crippen LogP contribution is -2.45. The van der Waals surface area contributed by atoms with Crippen LogP contribution in [0.1, 0.15) is 200 Å². The molecule has 4 nitrogen and oxygen atoms in total. The van der Waals surface area contributed by atoms with Gasteiger partial charge < -0.3 is 15.5 Å². The Hall–Kier alpha value is -1.39. The van der Waals surface area contributed by atoms with Gasteiger partial charge in [-0.2, -0.15) is 0 Å². The summed E-state index contributed by atoms with van der Waals surface area (Å²) in [5.41, 5.74) is 0. The quantitative estimate of drug-likeness (QED) is 0.0481. The molecule has 0 aromatic rings. The normalized spacial score (nSPS) is 13.4. The Morgan fingerprint density at radius 3 is 1.29 bits per heavy atom. The molecule has 0 saturated heterocycles. The molecule has 0 bridgehead atoms. The van der Waals surface area contributed by atoms with Gasteiger partial charge in [-0.05, 0) is 44.9 Å². The minimum atomic E-state index is -0.865. The largest absolute Gasteiger partial charge is 0.394 e. The highest BCUT2D eigenvalue weighted by Crippen LogP contribution is 2.14. The zero-order valence-electron chi connectivity index (χ0n) is 30.1. The first-order valence-corrected chi connectivity index (χ1v) is 19.7. The third-order valence-corrected chi connectivity index (χ3v) is 8.85. The van der Waals surface area contributed by atoms with E-state index in [2.05, 4.69) is 43.5 Å². The van der Waals surface area contributed by atoms with E-state index in [4.69, 9.17) is 0 Å². The molecule has 264 valence electrons. The highest BCUT2D eigenvalue weighted by molar-refractivity contribution is 5.76. The van der Waals surface area contributed by atoms with Gasteiger partial charge in [-0.15, -0.1) is 0 Å². The fourth-order valence-electron chi connectivity index (χ4n) is 5.80. The number of hydrogen-bond acceptors (Lipinski definition) is 3. The lowest BCUT2D eigenvalue weighted by Gasteiger charge is -2.19. The highest BCUT2D eigenvalue weighted by Gasteiger charge is 2.17. The maximum Gasteiger partial charge on any atom is 0.220 e. The molecule has 4 heteroatoms. The molecule has 0 heterocycles. The summed E-state index contributed by atoms with van der Waals surface area (Å²) in [5.74, 6) is -0.0793. The van der Waals surface area contributed by atoms with Crippen molar-refractivity contribution in [1.29, 1.82) is 0 Å². The second kappa shape index (κ2) is 37.1. The number of carbonyl (C=O) groups excluding carboxylic acids is 1. The first-order valence-electron chi connectivity index (χ1n) is 19.7. The Morgan fingerprint density at radius 1 is 0.511 bits per heavy atom. The lowest BCUT2D eigenvalue weighted by atomic mass is 10.0. The van der Waals surface area contributed by atoms with Gasteiger partial charge in [0.05, 0.1) is 18.8 Å². The van der Waals surface area contributed by atoms with Crippen molar-refractivity contribution in [2.24, 2.45) is 0 Å². The van der Waals surface area contributed by atoms with Crippen LogP contribution >= 0.6 is 0 Å². The third-order valence-electron chi connectivity index (χ3n) is 8.85. The summed E-state index contributed by atoms with van der Waals surface area (Å²) in [6.45, 7) is 4.28. The third kappa shape index (κ3) is 33.8. The van der Waals surface area contributed by atoms with Crippen LogP contribution in [0.4, 0.5) is 0 Å². The number of nitrogens with one attached hydrogen (secondary N) is 1. The zero-order valence-corrected chi connectivity index (χ0v) is 30.1. The molecule has 0 saturated carbocycles. The van der Waals surface area contributed by atoms with Gasteiger partial charge >= 0.3 is 0 Å². The number of allylic oxidation sites excluding steroid dienone is 5. The molecule has 0 radical (unpaired) electrons. The van der Waals surface area contributed by atoms with Crippen LogP contribution < -0.4 is 5.32 Å². The van der Waals surface area contributed by atoms with E-state index in [9.17, 15) is 15.0 Å². The van der Waals surface area contributed by atoms with Crippen LogP contribution in [0.2, 0.25) is 0 Å². The fourth-order valence-corrected chi connectivity index (χ4v) is 5.80. The highest BCUT2D eigenvalue weighted by atomic mass is 16.3. The molecule has 0 aromatic heterocycles. The van der Waals surface area contributed by atoms with Crippen LogP contribution in [-0.4, -0.2) is 34.9 Å². The number of rotatable bonds is 35. The van der Waals surface area contributed by atoms with Crippen molar-refractivity contribution in [3.8, 4) is 0 Å². The molecule has 3 N–H and O–H groups in total. The van der Waals surface area contributed by atoms with E-state index in [-0.39, 0.29) is 12.5 Å². The van der Waals surface area contributed by atoms with E-state index >= 15 is 0 Å². The molecule has 2 unspecified atom stereocenters. The second-order valence-corrected chi connectivity index (χ2v) is 13.3. The number of aliphatic hydroxyl groups is 2. The molecule has 0 aliphatic heterocycles. The maximum absolute atomic E-state index is 12.3. The topological polar surface area (TPSA) is 69.6 Å². The van der Waals surface area contributed by atoms with E-state index < -0.39 is 12.1 Å². The Labute approximate surface area is 281 Å². The molecule has 0 spiro atoms. The van der Waals surface area contributed by atoms with Crippen LogP contribution in [0, 0.1) is 0 Å². The second-order valence-electron chi connectivity index (χ2n) is 13.3. The predicted octanol–water partition coefficient (Wildman–Crippen LogP) is 11.8. The molecular formula is C41H77NO3. The van der Waals surface area contributed by atoms with Gasteiger partial charge in [-0.25, -0.2) is 0 Å². The van der Waals surface area contributed by atoms with Crippen LogP contribution in [0.25, 0.3) is 0 Å². The standard InChI is InChI=1S/C41H77NO3/c1-3-5-7-9-11-13-15-17-18-19-20-21-22-23-24-25-26-28-30-32-34-36-40(44)39(38-43)42-41(45)37-35-33-31-29-27-16-14-12-10-8-6-4-2/h22-23,26,28,34,36,39-40,43-44H,3-21,24-25,27,29-33,35,37-38H2,1-2H3,(H,42,45)/b23-22+,28-26+,36-34+. The zero-order chi connectivity index (χ0) is 32.9. The SMILES string of the molecule is CCCCCCCCCCCCC/C=C/CC/C=C/CC/C=C/C(O)C(CO)NC(=O)CCCCCCCCCCCCCC. The fraction of sp³-hybridized carbons (Fsp3) is 0.829.